The smallest absolute Gasteiger partial charge is 0.239 e. The summed E-state index contributed by atoms with van der Waals surface area (Å²) in [5.41, 5.74) is 7.08. The number of carbonyl (C=O) groups excluding carboxylic acids is 1. The summed E-state index contributed by atoms with van der Waals surface area (Å²) in [7, 11) is 0. The number of fused-ring (bicyclic) bond motifs is 1. The van der Waals surface area contributed by atoms with Crippen molar-refractivity contribution < 1.29 is 4.79 Å². The molecule has 1 aromatic heterocycles. The number of hydrogen-bond acceptors (Lipinski definition) is 6. The van der Waals surface area contributed by atoms with Crippen molar-refractivity contribution in [1.29, 1.82) is 0 Å². The Morgan fingerprint density at radius 3 is 2.79 bits per heavy atom. The van der Waals surface area contributed by atoms with Crippen LogP contribution < -0.4 is 5.73 Å². The van der Waals surface area contributed by atoms with Gasteiger partial charge in [0.25, 0.3) is 0 Å². The summed E-state index contributed by atoms with van der Waals surface area (Å²) in [5.74, 6) is 1.04. The van der Waals surface area contributed by atoms with Gasteiger partial charge in [0.15, 0.2) is 0 Å². The number of piperazine rings is 1. The SMILES string of the molecule is CSCC[C@H](N)C(=O)N1CCN(Cc2nc3ccccc3s2)CC1. The molecule has 1 atom stereocenters. The Morgan fingerprint density at radius 2 is 2.08 bits per heavy atom. The van der Waals surface area contributed by atoms with E-state index in [0.717, 1.165) is 55.4 Å². The van der Waals surface area contributed by atoms with Crippen molar-refractivity contribution >= 4 is 39.2 Å². The number of amides is 1. The van der Waals surface area contributed by atoms with Gasteiger partial charge in [-0.05, 0) is 30.6 Å². The summed E-state index contributed by atoms with van der Waals surface area (Å²) in [4.78, 5) is 21.3. The molecule has 0 unspecified atom stereocenters. The average Bonchev–Trinajstić information content (AvgIpc) is 3.02. The molecule has 2 N–H and O–H groups in total. The zero-order valence-electron chi connectivity index (χ0n) is 14.0. The first-order chi connectivity index (χ1) is 11.7. The monoisotopic (exact) mass is 364 g/mol. The van der Waals surface area contributed by atoms with Crippen LogP contribution in [-0.2, 0) is 11.3 Å². The molecule has 0 aliphatic carbocycles. The molecule has 1 aromatic carbocycles. The molecule has 130 valence electrons. The number of nitrogens with two attached hydrogens (primary N) is 1. The van der Waals surface area contributed by atoms with Gasteiger partial charge in [-0.2, -0.15) is 11.8 Å². The summed E-state index contributed by atoms with van der Waals surface area (Å²) < 4.78 is 1.24. The van der Waals surface area contributed by atoms with Crippen LogP contribution in [0, 0.1) is 0 Å². The molecule has 1 aliphatic heterocycles. The summed E-state index contributed by atoms with van der Waals surface area (Å²) in [6.45, 7) is 4.15. The van der Waals surface area contributed by atoms with E-state index in [2.05, 4.69) is 23.1 Å². The summed E-state index contributed by atoms with van der Waals surface area (Å²) in [5, 5.41) is 1.15. The number of rotatable bonds is 6. The van der Waals surface area contributed by atoms with Crippen molar-refractivity contribution in [3.63, 3.8) is 0 Å². The number of thioether (sulfide) groups is 1. The number of nitrogens with zero attached hydrogens (tertiary/aromatic N) is 3. The molecule has 2 aromatic rings. The maximum atomic E-state index is 12.3. The van der Waals surface area contributed by atoms with Gasteiger partial charge >= 0.3 is 0 Å². The maximum Gasteiger partial charge on any atom is 0.239 e. The van der Waals surface area contributed by atoms with Crippen molar-refractivity contribution in [3.05, 3.63) is 29.3 Å². The van der Waals surface area contributed by atoms with E-state index in [9.17, 15) is 4.79 Å². The Balaban J connectivity index is 1.50. The second-order valence-electron chi connectivity index (χ2n) is 6.06. The lowest BCUT2D eigenvalue weighted by atomic mass is 10.2. The van der Waals surface area contributed by atoms with Crippen LogP contribution in [0.15, 0.2) is 24.3 Å². The molecule has 0 spiro atoms. The fourth-order valence-corrected chi connectivity index (χ4v) is 4.41. The lowest BCUT2D eigenvalue weighted by Gasteiger charge is -2.35. The molecular formula is C17H24N4OS2. The largest absolute Gasteiger partial charge is 0.339 e. The van der Waals surface area contributed by atoms with Gasteiger partial charge in [0, 0.05) is 26.2 Å². The molecular weight excluding hydrogens is 340 g/mol. The predicted octanol–water partition coefficient (Wildman–Crippen LogP) is 2.02. The van der Waals surface area contributed by atoms with Crippen molar-refractivity contribution in [2.75, 3.05) is 38.2 Å². The fourth-order valence-electron chi connectivity index (χ4n) is 2.91. The third kappa shape index (κ3) is 4.27. The Morgan fingerprint density at radius 1 is 1.33 bits per heavy atom. The van der Waals surface area contributed by atoms with Gasteiger partial charge in [-0.25, -0.2) is 4.98 Å². The first-order valence-corrected chi connectivity index (χ1v) is 10.5. The Hall–Kier alpha value is -1.15. The van der Waals surface area contributed by atoms with E-state index in [0.29, 0.717) is 0 Å². The van der Waals surface area contributed by atoms with E-state index in [4.69, 9.17) is 10.7 Å². The molecule has 1 saturated heterocycles. The zero-order valence-corrected chi connectivity index (χ0v) is 15.6. The van der Waals surface area contributed by atoms with E-state index >= 15 is 0 Å². The molecule has 24 heavy (non-hydrogen) atoms. The van der Waals surface area contributed by atoms with Crippen LogP contribution in [0.3, 0.4) is 0 Å². The van der Waals surface area contributed by atoms with Gasteiger partial charge in [0.1, 0.15) is 5.01 Å². The Kier molecular flexibility index (Phi) is 6.10. The first-order valence-electron chi connectivity index (χ1n) is 8.27. The van der Waals surface area contributed by atoms with E-state index in [1.54, 1.807) is 23.1 Å². The minimum atomic E-state index is -0.353. The molecule has 5 nitrogen and oxygen atoms in total. The Labute approximate surface area is 151 Å². The Bertz CT molecular complexity index is 649. The topological polar surface area (TPSA) is 62.5 Å². The van der Waals surface area contributed by atoms with Crippen LogP contribution in [0.25, 0.3) is 10.2 Å². The third-order valence-electron chi connectivity index (χ3n) is 4.33. The highest BCUT2D eigenvalue weighted by molar-refractivity contribution is 7.98. The normalized spacial score (nSPS) is 17.3. The first kappa shape index (κ1) is 17.7. The predicted molar refractivity (Wildman–Crippen MR) is 102 cm³/mol. The lowest BCUT2D eigenvalue weighted by Crippen LogP contribution is -2.53. The van der Waals surface area contributed by atoms with Gasteiger partial charge in [-0.1, -0.05) is 12.1 Å². The highest BCUT2D eigenvalue weighted by atomic mass is 32.2. The molecule has 0 bridgehead atoms. The third-order valence-corrected chi connectivity index (χ3v) is 6.00. The van der Waals surface area contributed by atoms with Crippen LogP contribution in [0.5, 0.6) is 0 Å². The summed E-state index contributed by atoms with van der Waals surface area (Å²) in [6.07, 6.45) is 2.80. The minimum Gasteiger partial charge on any atom is -0.339 e. The lowest BCUT2D eigenvalue weighted by molar-refractivity contribution is -0.134. The quantitative estimate of drug-likeness (QED) is 0.850. The molecule has 2 heterocycles. The van der Waals surface area contributed by atoms with E-state index < -0.39 is 0 Å². The molecule has 1 fully saturated rings. The number of benzene rings is 1. The second-order valence-corrected chi connectivity index (χ2v) is 8.17. The zero-order chi connectivity index (χ0) is 16.9. The van der Waals surface area contributed by atoms with E-state index in [-0.39, 0.29) is 11.9 Å². The van der Waals surface area contributed by atoms with Crippen LogP contribution in [0.1, 0.15) is 11.4 Å². The number of thiazole rings is 1. The van der Waals surface area contributed by atoms with Crippen LogP contribution in [0.4, 0.5) is 0 Å². The number of hydrogen-bond donors (Lipinski definition) is 1. The molecule has 1 amide bonds. The van der Waals surface area contributed by atoms with Gasteiger partial charge in [-0.3, -0.25) is 9.69 Å². The van der Waals surface area contributed by atoms with Crippen molar-refractivity contribution in [2.24, 2.45) is 5.73 Å². The van der Waals surface area contributed by atoms with Gasteiger partial charge in [-0.15, -0.1) is 11.3 Å². The van der Waals surface area contributed by atoms with Crippen LogP contribution in [-0.4, -0.2) is 64.9 Å². The average molecular weight is 365 g/mol. The van der Waals surface area contributed by atoms with Crippen molar-refractivity contribution in [1.82, 2.24) is 14.8 Å². The molecule has 3 rings (SSSR count). The molecule has 0 saturated carbocycles. The standard InChI is InChI=1S/C17H24N4OS2/c1-23-11-6-13(18)17(22)21-9-7-20(8-10-21)12-16-19-14-4-2-3-5-15(14)24-16/h2-5,13H,6-12,18H2,1H3/t13-/m0/s1. The van der Waals surface area contributed by atoms with Gasteiger partial charge in [0.05, 0.1) is 22.8 Å². The van der Waals surface area contributed by atoms with Crippen molar-refractivity contribution in [3.8, 4) is 0 Å². The van der Waals surface area contributed by atoms with Crippen LogP contribution in [0.2, 0.25) is 0 Å². The van der Waals surface area contributed by atoms with E-state index in [1.807, 2.05) is 17.2 Å². The highest BCUT2D eigenvalue weighted by Gasteiger charge is 2.25. The summed E-state index contributed by atoms with van der Waals surface area (Å²) >= 11 is 3.49. The number of para-hydroxylation sites is 1. The van der Waals surface area contributed by atoms with Gasteiger partial charge in [0.2, 0.25) is 5.91 Å². The summed E-state index contributed by atoms with van der Waals surface area (Å²) in [6, 6.07) is 7.89. The van der Waals surface area contributed by atoms with E-state index in [1.165, 1.54) is 4.70 Å². The van der Waals surface area contributed by atoms with Crippen LogP contribution >= 0.6 is 23.1 Å². The van der Waals surface area contributed by atoms with Crippen molar-refractivity contribution in [2.45, 2.75) is 19.0 Å². The molecule has 0 radical (unpaired) electrons. The molecule has 1 aliphatic rings. The van der Waals surface area contributed by atoms with Gasteiger partial charge < -0.3 is 10.6 Å². The highest BCUT2D eigenvalue weighted by Crippen LogP contribution is 2.23. The number of aromatic nitrogens is 1. The second kappa shape index (κ2) is 8.29. The number of carbonyl (C=O) groups is 1. The minimum absolute atomic E-state index is 0.101. The maximum absolute atomic E-state index is 12.3. The fraction of sp³-hybridized carbons (Fsp3) is 0.529. The molecule has 7 heteroatoms.